The fourth-order valence-corrected chi connectivity index (χ4v) is 3.87. The Balaban J connectivity index is 1.73. The predicted octanol–water partition coefficient (Wildman–Crippen LogP) is -0.668. The number of carbonyl (C=O) groups excluding carboxylic acids is 2. The molecule has 3 atom stereocenters. The van der Waals surface area contributed by atoms with Gasteiger partial charge in [0.25, 0.3) is 5.91 Å². The van der Waals surface area contributed by atoms with Crippen molar-refractivity contribution in [2.24, 2.45) is 5.84 Å². The van der Waals surface area contributed by atoms with Crippen LogP contribution in [0, 0.1) is 5.41 Å². The van der Waals surface area contributed by atoms with E-state index in [9.17, 15) is 9.59 Å². The molecule has 0 aromatic carbocycles. The van der Waals surface area contributed by atoms with Crippen LogP contribution < -0.4 is 21.9 Å². The normalized spacial score (nSPS) is 29.4. The van der Waals surface area contributed by atoms with Crippen molar-refractivity contribution in [3.8, 4) is 0 Å². The third-order valence-corrected chi connectivity index (χ3v) is 4.77. The Kier molecular flexibility index (Phi) is 4.07. The first-order valence-corrected chi connectivity index (χ1v) is 6.93. The average molecular weight is 271 g/mol. The molecule has 0 aliphatic carbocycles. The lowest BCUT2D eigenvalue weighted by Crippen LogP contribution is -2.37. The van der Waals surface area contributed by atoms with Crippen LogP contribution in [0.25, 0.3) is 0 Å². The van der Waals surface area contributed by atoms with Gasteiger partial charge in [-0.25, -0.2) is 10.6 Å². The van der Waals surface area contributed by atoms with E-state index in [2.05, 4.69) is 10.6 Å². The number of nitrogens with two attached hydrogens (primary N) is 1. The quantitative estimate of drug-likeness (QED) is 0.150. The topological polar surface area (TPSA) is 120 Å². The Morgan fingerprint density at radius 3 is 3.06 bits per heavy atom. The zero-order valence-corrected chi connectivity index (χ0v) is 10.7. The van der Waals surface area contributed by atoms with Gasteiger partial charge in [0.2, 0.25) is 0 Å². The zero-order valence-electron chi connectivity index (χ0n) is 9.86. The molecule has 2 saturated heterocycles. The van der Waals surface area contributed by atoms with Gasteiger partial charge in [-0.3, -0.25) is 15.6 Å². The number of fused-ring (bicyclic) bond motifs is 1. The summed E-state index contributed by atoms with van der Waals surface area (Å²) >= 11 is 1.83. The van der Waals surface area contributed by atoms with Crippen molar-refractivity contribution >= 4 is 29.4 Å². The minimum Gasteiger partial charge on any atom is -0.332 e. The number of hydrazine groups is 1. The molecule has 2 rings (SSSR count). The highest BCUT2D eigenvalue weighted by Gasteiger charge is 2.42. The molecule has 18 heavy (non-hydrogen) atoms. The Morgan fingerprint density at radius 1 is 1.56 bits per heavy atom. The van der Waals surface area contributed by atoms with Crippen molar-refractivity contribution in [1.29, 1.82) is 5.41 Å². The van der Waals surface area contributed by atoms with E-state index in [1.807, 2.05) is 17.2 Å². The Labute approximate surface area is 109 Å². The molecule has 2 aliphatic heterocycles. The molecule has 0 saturated carbocycles. The van der Waals surface area contributed by atoms with Crippen LogP contribution in [-0.2, 0) is 4.79 Å². The fourth-order valence-electron chi connectivity index (χ4n) is 2.32. The first-order valence-electron chi connectivity index (χ1n) is 5.89. The van der Waals surface area contributed by atoms with Crippen molar-refractivity contribution in [2.45, 2.75) is 36.6 Å². The van der Waals surface area contributed by atoms with Crippen molar-refractivity contribution in [3.05, 3.63) is 0 Å². The molecule has 0 spiro atoms. The summed E-state index contributed by atoms with van der Waals surface area (Å²) in [5.41, 5.74) is 1.96. The van der Waals surface area contributed by atoms with E-state index in [-0.39, 0.29) is 23.8 Å². The second-order valence-corrected chi connectivity index (χ2v) is 5.74. The fraction of sp³-hybridized carbons (Fsp3) is 0.700. The van der Waals surface area contributed by atoms with Crippen LogP contribution in [0.3, 0.4) is 0 Å². The lowest BCUT2D eigenvalue weighted by molar-refractivity contribution is -0.115. The lowest BCUT2D eigenvalue weighted by Gasteiger charge is -2.16. The maximum Gasteiger partial charge on any atom is 0.315 e. The summed E-state index contributed by atoms with van der Waals surface area (Å²) in [6, 6.07) is 0.310. The van der Waals surface area contributed by atoms with Crippen molar-refractivity contribution < 1.29 is 9.59 Å². The molecule has 7 nitrogen and oxygen atoms in total. The molecule has 2 aliphatic rings. The zero-order chi connectivity index (χ0) is 13.1. The number of urea groups is 1. The minimum atomic E-state index is -0.525. The van der Waals surface area contributed by atoms with Crippen molar-refractivity contribution in [2.75, 3.05) is 5.75 Å². The molecule has 2 heterocycles. The van der Waals surface area contributed by atoms with Gasteiger partial charge in [-0.2, -0.15) is 11.8 Å². The van der Waals surface area contributed by atoms with Crippen molar-refractivity contribution in [3.63, 3.8) is 0 Å². The Bertz CT molecular complexity index is 375. The van der Waals surface area contributed by atoms with Gasteiger partial charge in [0.1, 0.15) is 0 Å². The van der Waals surface area contributed by atoms with E-state index in [0.717, 1.165) is 18.6 Å². The largest absolute Gasteiger partial charge is 0.332 e. The van der Waals surface area contributed by atoms with Gasteiger partial charge in [-0.15, -0.1) is 0 Å². The number of carbonyl (C=O) groups is 2. The van der Waals surface area contributed by atoms with Crippen molar-refractivity contribution in [1.82, 2.24) is 16.1 Å². The smallest absolute Gasteiger partial charge is 0.315 e. The summed E-state index contributed by atoms with van der Waals surface area (Å²) in [5.74, 6) is 5.35. The summed E-state index contributed by atoms with van der Waals surface area (Å²) in [6.07, 6.45) is 2.05. The first kappa shape index (κ1) is 13.2. The first-order chi connectivity index (χ1) is 8.61. The van der Waals surface area contributed by atoms with Gasteiger partial charge in [0.15, 0.2) is 0 Å². The number of nitrogens with one attached hydrogen (secondary N) is 4. The Hall–Kier alpha value is -1.28. The third kappa shape index (κ3) is 2.75. The van der Waals surface area contributed by atoms with Gasteiger partial charge in [0.05, 0.1) is 17.8 Å². The molecule has 3 amide bonds. The maximum atomic E-state index is 11.2. The Morgan fingerprint density at radius 2 is 2.33 bits per heavy atom. The molecular weight excluding hydrogens is 254 g/mol. The average Bonchev–Trinajstić information content (AvgIpc) is 2.88. The molecule has 0 unspecified atom stereocenters. The summed E-state index contributed by atoms with van der Waals surface area (Å²) < 4.78 is 0. The second-order valence-electron chi connectivity index (χ2n) is 4.47. The molecule has 0 bridgehead atoms. The standard InChI is InChI=1S/C10H17N5O2S/c11-5(9(16)15-12)2-1-3-7-8-6(4-18-7)13-10(17)14-8/h6-8,11H,1-4,12H2,(H,15,16)(H2,13,14,17)/t6-,7-,8-/m0/s1. The summed E-state index contributed by atoms with van der Waals surface area (Å²) in [5, 5.41) is 13.6. The highest BCUT2D eigenvalue weighted by atomic mass is 32.2. The molecular formula is C10H17N5O2S. The van der Waals surface area contributed by atoms with Gasteiger partial charge in [0, 0.05) is 11.0 Å². The van der Waals surface area contributed by atoms with E-state index < -0.39 is 5.91 Å². The predicted molar refractivity (Wildman–Crippen MR) is 69.4 cm³/mol. The van der Waals surface area contributed by atoms with Crippen LogP contribution in [0.1, 0.15) is 19.3 Å². The highest BCUT2D eigenvalue weighted by Crippen LogP contribution is 2.32. The minimum absolute atomic E-state index is 0.00521. The van der Waals surface area contributed by atoms with Gasteiger partial charge >= 0.3 is 6.03 Å². The summed E-state index contributed by atoms with van der Waals surface area (Å²) in [7, 11) is 0. The SMILES string of the molecule is N=C(CCC[C@@H]1SC[C@@H]2NC(=O)N[C@@H]21)C(=O)NN. The van der Waals surface area contributed by atoms with Gasteiger partial charge < -0.3 is 10.6 Å². The molecule has 0 aromatic rings. The van der Waals surface area contributed by atoms with Crippen LogP contribution in [-0.4, -0.2) is 40.7 Å². The van der Waals surface area contributed by atoms with Crippen LogP contribution in [0.15, 0.2) is 0 Å². The number of rotatable bonds is 5. The van der Waals surface area contributed by atoms with E-state index in [1.54, 1.807) is 0 Å². The van der Waals surface area contributed by atoms with E-state index in [1.165, 1.54) is 0 Å². The summed E-state index contributed by atoms with van der Waals surface area (Å²) in [4.78, 5) is 22.2. The van der Waals surface area contributed by atoms with Crippen LogP contribution in [0.5, 0.6) is 0 Å². The van der Waals surface area contributed by atoms with Crippen LogP contribution in [0.4, 0.5) is 4.79 Å². The third-order valence-electron chi connectivity index (χ3n) is 3.26. The number of thioether (sulfide) groups is 1. The molecule has 100 valence electrons. The van der Waals surface area contributed by atoms with Crippen LogP contribution >= 0.6 is 11.8 Å². The molecule has 0 aromatic heterocycles. The molecule has 8 heteroatoms. The highest BCUT2D eigenvalue weighted by molar-refractivity contribution is 8.00. The van der Waals surface area contributed by atoms with E-state index in [0.29, 0.717) is 11.7 Å². The second kappa shape index (κ2) is 5.57. The lowest BCUT2D eigenvalue weighted by atomic mass is 10.0. The van der Waals surface area contributed by atoms with Crippen LogP contribution in [0.2, 0.25) is 0 Å². The monoisotopic (exact) mass is 271 g/mol. The number of hydrogen-bond acceptors (Lipinski definition) is 5. The number of amides is 3. The molecule has 0 radical (unpaired) electrons. The molecule has 6 N–H and O–H groups in total. The summed E-state index contributed by atoms with van der Waals surface area (Å²) in [6.45, 7) is 0. The molecule has 2 fully saturated rings. The van der Waals surface area contributed by atoms with Gasteiger partial charge in [-0.1, -0.05) is 0 Å². The van der Waals surface area contributed by atoms with Gasteiger partial charge in [-0.05, 0) is 19.3 Å². The van der Waals surface area contributed by atoms with E-state index in [4.69, 9.17) is 11.3 Å². The maximum absolute atomic E-state index is 11.2. The van der Waals surface area contributed by atoms with E-state index >= 15 is 0 Å². The number of hydrogen-bond donors (Lipinski definition) is 5.